The number of alkyl halides is 3. The first kappa shape index (κ1) is 32.3. The van der Waals surface area contributed by atoms with Crippen molar-refractivity contribution >= 4 is 17.7 Å². The molecule has 0 spiro atoms. The van der Waals surface area contributed by atoms with E-state index in [0.29, 0.717) is 0 Å². The maximum Gasteiger partial charge on any atom is 0.254 e. The van der Waals surface area contributed by atoms with Crippen molar-refractivity contribution in [3.63, 3.8) is 0 Å². The summed E-state index contributed by atoms with van der Waals surface area (Å²) in [6.45, 7) is 10.5. The molecule has 1 saturated carbocycles. The molecule has 214 valence electrons. The van der Waals surface area contributed by atoms with Crippen molar-refractivity contribution in [1.82, 2.24) is 5.32 Å². The van der Waals surface area contributed by atoms with Gasteiger partial charge < -0.3 is 5.32 Å². The number of carbonyl (C=O) groups is 1. The molecule has 0 heterocycles. The number of nitrogens with zero attached hydrogens (tertiary/aromatic N) is 1. The van der Waals surface area contributed by atoms with Gasteiger partial charge in [0.05, 0.1) is 11.6 Å². The van der Waals surface area contributed by atoms with E-state index in [2.05, 4.69) is 24.2 Å². The third kappa shape index (κ3) is 8.26. The fourth-order valence-corrected chi connectivity index (χ4v) is 4.86. The highest BCUT2D eigenvalue weighted by Gasteiger charge is 2.46. The van der Waals surface area contributed by atoms with E-state index < -0.39 is 34.8 Å². The van der Waals surface area contributed by atoms with E-state index in [0.717, 1.165) is 16.7 Å². The third-order valence-corrected chi connectivity index (χ3v) is 7.11. The van der Waals surface area contributed by atoms with Crippen LogP contribution < -0.4 is 5.32 Å². The van der Waals surface area contributed by atoms with Gasteiger partial charge in [-0.05, 0) is 67.9 Å². The summed E-state index contributed by atoms with van der Waals surface area (Å²) in [4.78, 5) is 17.4. The number of nitrogens with one attached hydrogen (secondary N) is 1. The maximum atomic E-state index is 15.2. The first-order valence-electron chi connectivity index (χ1n) is 13.6. The molecule has 1 N–H and O–H groups in total. The topological polar surface area (TPSA) is 41.5 Å². The van der Waals surface area contributed by atoms with Gasteiger partial charge in [0.2, 0.25) is 5.92 Å². The van der Waals surface area contributed by atoms with Crippen LogP contribution in [0.3, 0.4) is 0 Å². The van der Waals surface area contributed by atoms with Gasteiger partial charge >= 0.3 is 0 Å². The molecule has 0 bridgehead atoms. The predicted octanol–water partition coefficient (Wildman–Crippen LogP) is 9.24. The second-order valence-corrected chi connectivity index (χ2v) is 11.0. The largest absolute Gasteiger partial charge is 0.345 e. The third-order valence-electron chi connectivity index (χ3n) is 7.11. The van der Waals surface area contributed by atoms with E-state index in [1.54, 1.807) is 13.3 Å². The summed E-state index contributed by atoms with van der Waals surface area (Å²) in [5, 5.41) is 2.92. The lowest BCUT2D eigenvalue weighted by molar-refractivity contribution is -0.0705. The molecule has 0 aromatic heterocycles. The molecule has 2 aromatic carbocycles. The number of hydrogen-bond donors (Lipinski definition) is 1. The molecule has 0 aliphatic heterocycles. The van der Waals surface area contributed by atoms with Gasteiger partial charge in [-0.15, -0.1) is 0 Å². The van der Waals surface area contributed by atoms with Gasteiger partial charge in [0.25, 0.3) is 5.91 Å². The molecule has 39 heavy (non-hydrogen) atoms. The number of aliphatic imine (C=N–C) groups is 1. The number of benzene rings is 2. The second kappa shape index (κ2) is 13.4. The van der Waals surface area contributed by atoms with E-state index in [-0.39, 0.29) is 36.8 Å². The smallest absolute Gasteiger partial charge is 0.254 e. The minimum atomic E-state index is -2.75. The van der Waals surface area contributed by atoms with Gasteiger partial charge in [-0.3, -0.25) is 9.79 Å². The minimum Gasteiger partial charge on any atom is -0.345 e. The van der Waals surface area contributed by atoms with Crippen LogP contribution in [0.1, 0.15) is 107 Å². The van der Waals surface area contributed by atoms with Crippen LogP contribution in [0.2, 0.25) is 0 Å². The Labute approximate surface area is 230 Å². The van der Waals surface area contributed by atoms with Crippen LogP contribution in [0.5, 0.6) is 0 Å². The number of hydrogen-bond acceptors (Lipinski definition) is 2. The quantitative estimate of drug-likeness (QED) is 0.273. The van der Waals surface area contributed by atoms with Crippen molar-refractivity contribution < 1.29 is 22.4 Å². The Morgan fingerprint density at radius 2 is 1.69 bits per heavy atom. The Balaban J connectivity index is 0.00000170. The molecule has 1 fully saturated rings. The molecule has 3 nitrogen and oxygen atoms in total. The lowest BCUT2D eigenvalue weighted by atomic mass is 9.67. The van der Waals surface area contributed by atoms with Gasteiger partial charge in [-0.2, -0.15) is 0 Å². The van der Waals surface area contributed by atoms with Crippen molar-refractivity contribution in [3.05, 3.63) is 76.6 Å². The molecule has 0 radical (unpaired) electrons. The van der Waals surface area contributed by atoms with E-state index >= 15 is 4.39 Å². The zero-order valence-electron chi connectivity index (χ0n) is 24.2. The van der Waals surface area contributed by atoms with Crippen LogP contribution >= 0.6 is 0 Å². The molecule has 1 aliphatic carbocycles. The fraction of sp³-hybridized carbons (Fsp3) is 0.500. The van der Waals surface area contributed by atoms with Crippen molar-refractivity contribution in [2.24, 2.45) is 10.4 Å². The molecule has 1 unspecified atom stereocenters. The van der Waals surface area contributed by atoms with Gasteiger partial charge in [0, 0.05) is 31.7 Å². The molecule has 2 aromatic rings. The Kier molecular flexibility index (Phi) is 11.1. The van der Waals surface area contributed by atoms with Crippen molar-refractivity contribution in [2.75, 3.05) is 7.05 Å². The van der Waals surface area contributed by atoms with Crippen LogP contribution in [-0.2, 0) is 5.67 Å². The summed E-state index contributed by atoms with van der Waals surface area (Å²) >= 11 is 0. The summed E-state index contributed by atoms with van der Waals surface area (Å²) in [5.74, 6) is -4.39. The Morgan fingerprint density at radius 3 is 2.23 bits per heavy atom. The fourth-order valence-electron chi connectivity index (χ4n) is 4.86. The summed E-state index contributed by atoms with van der Waals surface area (Å²) in [6, 6.07) is 10.9. The lowest BCUT2D eigenvalue weighted by Gasteiger charge is -2.43. The Hall–Kier alpha value is -2.96. The number of carbonyl (C=O) groups excluding carboxylic acids is 1. The Morgan fingerprint density at radius 1 is 1.10 bits per heavy atom. The minimum absolute atomic E-state index is 0.183. The molecular formula is C32H42F4N2O. The molecule has 1 aliphatic rings. The van der Waals surface area contributed by atoms with Crippen molar-refractivity contribution in [2.45, 2.75) is 91.3 Å². The number of halogens is 4. The van der Waals surface area contributed by atoms with Crippen LogP contribution in [0.15, 0.2) is 53.5 Å². The Bertz CT molecular complexity index is 1170. The molecular weight excluding hydrogens is 504 g/mol. The molecule has 0 saturated heterocycles. The van der Waals surface area contributed by atoms with Gasteiger partial charge in [-0.25, -0.2) is 17.6 Å². The van der Waals surface area contributed by atoms with Crippen LogP contribution in [-0.4, -0.2) is 25.1 Å². The maximum absolute atomic E-state index is 15.2. The zero-order valence-corrected chi connectivity index (χ0v) is 24.2. The molecule has 3 rings (SSSR count). The van der Waals surface area contributed by atoms with Gasteiger partial charge in [-0.1, -0.05) is 63.6 Å². The summed E-state index contributed by atoms with van der Waals surface area (Å²) in [7, 11) is 1.67. The molecule has 1 atom stereocenters. The van der Waals surface area contributed by atoms with Crippen LogP contribution in [0.4, 0.5) is 17.6 Å². The highest BCUT2D eigenvalue weighted by Crippen LogP contribution is 2.50. The monoisotopic (exact) mass is 546 g/mol. The van der Waals surface area contributed by atoms with Crippen molar-refractivity contribution in [3.8, 4) is 0 Å². The first-order valence-corrected chi connectivity index (χ1v) is 13.6. The van der Waals surface area contributed by atoms with Crippen LogP contribution in [0.25, 0.3) is 5.57 Å². The van der Waals surface area contributed by atoms with E-state index in [4.69, 9.17) is 0 Å². The van der Waals surface area contributed by atoms with Gasteiger partial charge in [0.15, 0.2) is 0 Å². The highest BCUT2D eigenvalue weighted by molar-refractivity contribution is 6.09. The zero-order chi connectivity index (χ0) is 29.4. The summed E-state index contributed by atoms with van der Waals surface area (Å²) < 4.78 is 57.8. The van der Waals surface area contributed by atoms with Crippen molar-refractivity contribution in [1.29, 1.82) is 0 Å². The first-order chi connectivity index (χ1) is 18.2. The standard InChI is InChI=1S/C29H34F4N2O.C3H8/c1-6-19(18-34-5)20-9-7-10-21(17-20)25(28(4)13-15-29(32,33)16-14-28)35-26(36)22-11-8-12-23(24(22)30)27(2,3)31;1-3-2/h6-12,17-18,25H,13-16H2,1-5H3,(H,35,36);3H2,1-2H3/b19-6+,34-18?;. The average molecular weight is 547 g/mol. The normalized spacial score (nSPS) is 17.8. The van der Waals surface area contributed by atoms with E-state index in [9.17, 15) is 18.0 Å². The molecule has 7 heteroatoms. The highest BCUT2D eigenvalue weighted by atomic mass is 19.3. The lowest BCUT2D eigenvalue weighted by Crippen LogP contribution is -2.43. The summed E-state index contributed by atoms with van der Waals surface area (Å²) in [5.41, 5.74) is -0.715. The summed E-state index contributed by atoms with van der Waals surface area (Å²) in [6.07, 6.45) is 4.65. The SMILES string of the molecule is C/C=C(\C=NC)c1cccc(C(NC(=O)c2cccc(C(C)(C)F)c2F)C2(C)CCC(F)(F)CC2)c1.CCC. The number of allylic oxidation sites excluding steroid dienone is 2. The van der Waals surface area contributed by atoms with E-state index in [1.165, 1.54) is 38.5 Å². The van der Waals surface area contributed by atoms with Crippen LogP contribution in [0, 0.1) is 11.2 Å². The number of rotatable bonds is 7. The predicted molar refractivity (Wildman–Crippen MR) is 153 cm³/mol. The second-order valence-electron chi connectivity index (χ2n) is 11.0. The molecule has 1 amide bonds. The average Bonchev–Trinajstić information content (AvgIpc) is 2.87. The van der Waals surface area contributed by atoms with E-state index in [1.807, 2.05) is 44.2 Å². The van der Waals surface area contributed by atoms with Gasteiger partial charge in [0.1, 0.15) is 11.5 Å². The number of amides is 1.